The number of carboxylic acid groups (broad SMARTS) is 1. The molecule has 0 aliphatic carbocycles. The van der Waals surface area contributed by atoms with Crippen LogP contribution in [0.15, 0.2) is 24.3 Å². The molecule has 0 saturated carbocycles. The Kier molecular flexibility index (Phi) is 5.95. The molecule has 0 aliphatic rings. The normalized spacial score (nSPS) is 14.1. The van der Waals surface area contributed by atoms with E-state index in [1.807, 2.05) is 25.1 Å². The van der Waals surface area contributed by atoms with Gasteiger partial charge in [0.05, 0.1) is 5.52 Å². The lowest BCUT2D eigenvalue weighted by Gasteiger charge is -2.19. The number of fused-ring (bicyclic) bond motifs is 1. The molecule has 1 aromatic heterocycles. The van der Waals surface area contributed by atoms with Gasteiger partial charge in [0.2, 0.25) is 0 Å². The van der Waals surface area contributed by atoms with Crippen LogP contribution in [0.3, 0.4) is 0 Å². The fourth-order valence-electron chi connectivity index (χ4n) is 2.68. The zero-order valence-corrected chi connectivity index (χ0v) is 13.3. The second-order valence-corrected chi connectivity index (χ2v) is 5.86. The number of aryl methyl sites for hydroxylation is 1. The minimum Gasteiger partial charge on any atom is -0.480 e. The number of hydrogen-bond acceptors (Lipinski definition) is 3. The van der Waals surface area contributed by atoms with E-state index in [9.17, 15) is 9.90 Å². The Morgan fingerprint density at radius 3 is 2.86 bits per heavy atom. The Morgan fingerprint density at radius 1 is 1.36 bits per heavy atom. The van der Waals surface area contributed by atoms with Gasteiger partial charge in [-0.2, -0.15) is 5.10 Å². The van der Waals surface area contributed by atoms with Crippen LogP contribution in [0.4, 0.5) is 0 Å². The Morgan fingerprint density at radius 2 is 2.14 bits per heavy atom. The topological polar surface area (TPSA) is 78.0 Å². The van der Waals surface area contributed by atoms with E-state index in [1.165, 1.54) is 0 Å². The minimum atomic E-state index is -0.757. The fourth-order valence-corrected chi connectivity index (χ4v) is 2.68. The number of carboxylic acids is 1. The lowest BCUT2D eigenvalue weighted by molar-refractivity contribution is -0.139. The summed E-state index contributed by atoms with van der Waals surface area (Å²) in [6.45, 7) is 4.12. The molecule has 2 aromatic rings. The van der Waals surface area contributed by atoms with Crippen molar-refractivity contribution >= 4 is 16.9 Å². The molecule has 0 fully saturated rings. The molecule has 1 aromatic carbocycles. The summed E-state index contributed by atoms with van der Waals surface area (Å²) in [4.78, 5) is 11.3. The first kappa shape index (κ1) is 16.5. The summed E-state index contributed by atoms with van der Waals surface area (Å²) in [5, 5.41) is 21.0. The Hall–Kier alpha value is -1.88. The molecule has 22 heavy (non-hydrogen) atoms. The summed E-state index contributed by atoms with van der Waals surface area (Å²) < 4.78 is 0. The molecule has 2 rings (SSSR count). The lowest BCUT2D eigenvalue weighted by atomic mass is 10.1. The number of para-hydroxylation sites is 1. The zero-order chi connectivity index (χ0) is 15.9. The molecule has 0 bridgehead atoms. The second-order valence-electron chi connectivity index (χ2n) is 5.86. The lowest BCUT2D eigenvalue weighted by Crippen LogP contribution is -2.42. The number of nitrogens with one attached hydrogen (secondary N) is 2. The standard InChI is InChI=1S/C17H25N3O2/c1-3-4-8-16(17(21)22)18-12(2)10-11-15-13-7-5-6-9-14(13)19-20-15/h5-7,9,12,16,18H,3-4,8,10-11H2,1-2H3,(H,19,20)(H,21,22). The van der Waals surface area contributed by atoms with E-state index in [0.29, 0.717) is 6.42 Å². The quantitative estimate of drug-likeness (QED) is 0.665. The van der Waals surface area contributed by atoms with Crippen LogP contribution < -0.4 is 5.32 Å². The van der Waals surface area contributed by atoms with Gasteiger partial charge in [-0.1, -0.05) is 38.0 Å². The molecule has 2 atom stereocenters. The molecular weight excluding hydrogens is 278 g/mol. The van der Waals surface area contributed by atoms with Crippen molar-refractivity contribution < 1.29 is 9.90 Å². The number of aromatic nitrogens is 2. The fraction of sp³-hybridized carbons (Fsp3) is 0.529. The summed E-state index contributed by atoms with van der Waals surface area (Å²) in [5.74, 6) is -0.757. The number of aliphatic carboxylic acids is 1. The number of carbonyl (C=O) groups is 1. The first-order chi connectivity index (χ1) is 10.6. The van der Waals surface area contributed by atoms with E-state index >= 15 is 0 Å². The molecular formula is C17H25N3O2. The number of H-pyrrole nitrogens is 1. The van der Waals surface area contributed by atoms with Gasteiger partial charge in [0.25, 0.3) is 0 Å². The molecule has 0 aliphatic heterocycles. The van der Waals surface area contributed by atoms with Gasteiger partial charge in [-0.25, -0.2) is 0 Å². The molecule has 1 heterocycles. The van der Waals surface area contributed by atoms with Crippen LogP contribution in [0.25, 0.3) is 10.9 Å². The summed E-state index contributed by atoms with van der Waals surface area (Å²) >= 11 is 0. The SMILES string of the molecule is CCCCC(NC(C)CCc1[nH]nc2ccccc12)C(=O)O. The summed E-state index contributed by atoms with van der Waals surface area (Å²) in [7, 11) is 0. The highest BCUT2D eigenvalue weighted by atomic mass is 16.4. The van der Waals surface area contributed by atoms with Crippen molar-refractivity contribution in [3.05, 3.63) is 30.0 Å². The molecule has 2 unspecified atom stereocenters. The van der Waals surface area contributed by atoms with E-state index in [-0.39, 0.29) is 6.04 Å². The van der Waals surface area contributed by atoms with Crippen molar-refractivity contribution in [2.45, 2.75) is 58.0 Å². The first-order valence-corrected chi connectivity index (χ1v) is 8.02. The molecule has 120 valence electrons. The average molecular weight is 303 g/mol. The number of unbranched alkanes of at least 4 members (excludes halogenated alkanes) is 1. The third-order valence-corrected chi connectivity index (χ3v) is 4.00. The van der Waals surface area contributed by atoms with Crippen molar-refractivity contribution in [2.24, 2.45) is 0 Å². The maximum atomic E-state index is 11.3. The van der Waals surface area contributed by atoms with Crippen molar-refractivity contribution in [2.75, 3.05) is 0 Å². The molecule has 5 nitrogen and oxygen atoms in total. The van der Waals surface area contributed by atoms with Gasteiger partial charge in [-0.15, -0.1) is 0 Å². The Labute approximate surface area is 131 Å². The van der Waals surface area contributed by atoms with Crippen LogP contribution in [-0.2, 0) is 11.2 Å². The Bertz CT molecular complexity index is 609. The van der Waals surface area contributed by atoms with Crippen LogP contribution in [0.1, 0.15) is 45.2 Å². The highest BCUT2D eigenvalue weighted by Gasteiger charge is 2.19. The monoisotopic (exact) mass is 303 g/mol. The maximum absolute atomic E-state index is 11.3. The van der Waals surface area contributed by atoms with E-state index in [0.717, 1.165) is 42.3 Å². The zero-order valence-electron chi connectivity index (χ0n) is 13.3. The predicted octanol–water partition coefficient (Wildman–Crippen LogP) is 3.12. The van der Waals surface area contributed by atoms with Crippen LogP contribution in [0.2, 0.25) is 0 Å². The van der Waals surface area contributed by atoms with Crippen LogP contribution >= 0.6 is 0 Å². The van der Waals surface area contributed by atoms with Crippen molar-refractivity contribution in [3.8, 4) is 0 Å². The van der Waals surface area contributed by atoms with Gasteiger partial charge in [0.15, 0.2) is 0 Å². The van der Waals surface area contributed by atoms with Crippen LogP contribution in [0.5, 0.6) is 0 Å². The van der Waals surface area contributed by atoms with Gasteiger partial charge in [-0.05, 0) is 32.3 Å². The summed E-state index contributed by atoms with van der Waals surface area (Å²) in [6.07, 6.45) is 4.36. The highest BCUT2D eigenvalue weighted by Crippen LogP contribution is 2.17. The van der Waals surface area contributed by atoms with Crippen LogP contribution in [-0.4, -0.2) is 33.4 Å². The molecule has 0 spiro atoms. The number of nitrogens with zero attached hydrogens (tertiary/aromatic N) is 1. The number of benzene rings is 1. The molecule has 0 saturated heterocycles. The largest absolute Gasteiger partial charge is 0.480 e. The molecule has 0 radical (unpaired) electrons. The van der Waals surface area contributed by atoms with E-state index in [4.69, 9.17) is 0 Å². The van der Waals surface area contributed by atoms with Gasteiger partial charge < -0.3 is 10.4 Å². The molecule has 0 amide bonds. The Balaban J connectivity index is 1.89. The third-order valence-electron chi connectivity index (χ3n) is 4.00. The van der Waals surface area contributed by atoms with Gasteiger partial charge >= 0.3 is 5.97 Å². The maximum Gasteiger partial charge on any atom is 0.320 e. The summed E-state index contributed by atoms with van der Waals surface area (Å²) in [6, 6.07) is 7.74. The second kappa shape index (κ2) is 7.94. The first-order valence-electron chi connectivity index (χ1n) is 8.02. The highest BCUT2D eigenvalue weighted by molar-refractivity contribution is 5.81. The smallest absolute Gasteiger partial charge is 0.320 e. The third kappa shape index (κ3) is 4.31. The average Bonchev–Trinajstić information content (AvgIpc) is 2.92. The number of aromatic amines is 1. The van der Waals surface area contributed by atoms with Gasteiger partial charge in [0, 0.05) is 17.1 Å². The number of hydrogen-bond donors (Lipinski definition) is 3. The van der Waals surface area contributed by atoms with Gasteiger partial charge in [0.1, 0.15) is 6.04 Å². The van der Waals surface area contributed by atoms with E-state index in [1.54, 1.807) is 0 Å². The van der Waals surface area contributed by atoms with E-state index < -0.39 is 12.0 Å². The number of rotatable bonds is 9. The minimum absolute atomic E-state index is 0.153. The predicted molar refractivity (Wildman–Crippen MR) is 88.0 cm³/mol. The molecule has 3 N–H and O–H groups in total. The van der Waals surface area contributed by atoms with E-state index in [2.05, 4.69) is 28.5 Å². The van der Waals surface area contributed by atoms with Crippen molar-refractivity contribution in [1.29, 1.82) is 0 Å². The van der Waals surface area contributed by atoms with Crippen molar-refractivity contribution in [1.82, 2.24) is 15.5 Å². The van der Waals surface area contributed by atoms with Crippen LogP contribution in [0, 0.1) is 0 Å². The van der Waals surface area contributed by atoms with Gasteiger partial charge in [-0.3, -0.25) is 9.89 Å². The van der Waals surface area contributed by atoms with Crippen molar-refractivity contribution in [3.63, 3.8) is 0 Å². The molecule has 5 heteroatoms. The summed E-state index contributed by atoms with van der Waals surface area (Å²) in [5.41, 5.74) is 2.09.